The van der Waals surface area contributed by atoms with E-state index >= 15 is 0 Å². The second-order valence-corrected chi connectivity index (χ2v) is 5.23. The quantitative estimate of drug-likeness (QED) is 0.849. The SMILES string of the molecule is COC(=O)[C@H](NCc1ccc(F)c(Br)c1)C(C)C. The normalized spacial score (nSPS) is 12.6. The first-order valence-electron chi connectivity index (χ1n) is 5.70. The molecule has 0 radical (unpaired) electrons. The molecular formula is C13H17BrFNO2. The molecule has 0 heterocycles. The topological polar surface area (TPSA) is 38.3 Å². The van der Waals surface area contributed by atoms with Crippen LogP contribution in [0.5, 0.6) is 0 Å². The Bertz CT molecular complexity index is 423. The van der Waals surface area contributed by atoms with Gasteiger partial charge in [0.2, 0.25) is 0 Å². The Labute approximate surface area is 115 Å². The fourth-order valence-electron chi connectivity index (χ4n) is 1.60. The minimum absolute atomic E-state index is 0.126. The Morgan fingerprint density at radius 2 is 2.17 bits per heavy atom. The Morgan fingerprint density at radius 3 is 2.67 bits per heavy atom. The Morgan fingerprint density at radius 1 is 1.50 bits per heavy atom. The van der Waals surface area contributed by atoms with E-state index in [2.05, 4.69) is 21.2 Å². The summed E-state index contributed by atoms with van der Waals surface area (Å²) < 4.78 is 18.2. The van der Waals surface area contributed by atoms with E-state index in [1.165, 1.54) is 13.2 Å². The number of esters is 1. The summed E-state index contributed by atoms with van der Waals surface area (Å²) in [5.74, 6) is -0.459. The largest absolute Gasteiger partial charge is 0.468 e. The summed E-state index contributed by atoms with van der Waals surface area (Å²) in [6, 6.07) is 4.40. The van der Waals surface area contributed by atoms with E-state index in [1.807, 2.05) is 13.8 Å². The molecule has 100 valence electrons. The van der Waals surface area contributed by atoms with Crippen LogP contribution < -0.4 is 5.32 Å². The van der Waals surface area contributed by atoms with Crippen LogP contribution >= 0.6 is 15.9 Å². The molecule has 0 amide bonds. The van der Waals surface area contributed by atoms with E-state index in [0.717, 1.165) is 5.56 Å². The summed E-state index contributed by atoms with van der Waals surface area (Å²) in [7, 11) is 1.37. The van der Waals surface area contributed by atoms with E-state index in [4.69, 9.17) is 4.74 Å². The van der Waals surface area contributed by atoms with Gasteiger partial charge in [-0.05, 0) is 39.5 Å². The van der Waals surface area contributed by atoms with Crippen molar-refractivity contribution in [1.82, 2.24) is 5.32 Å². The van der Waals surface area contributed by atoms with Gasteiger partial charge >= 0.3 is 5.97 Å². The first kappa shape index (κ1) is 15.1. The number of hydrogen-bond acceptors (Lipinski definition) is 3. The summed E-state index contributed by atoms with van der Waals surface area (Å²) >= 11 is 3.13. The van der Waals surface area contributed by atoms with Crippen LogP contribution in [-0.2, 0) is 16.1 Å². The minimum atomic E-state index is -0.362. The molecule has 1 atom stereocenters. The predicted octanol–water partition coefficient (Wildman–Crippen LogP) is 2.88. The third-order valence-corrected chi connectivity index (χ3v) is 3.24. The lowest BCUT2D eigenvalue weighted by Crippen LogP contribution is -2.41. The van der Waals surface area contributed by atoms with Gasteiger partial charge < -0.3 is 10.1 Å². The van der Waals surface area contributed by atoms with E-state index < -0.39 is 0 Å². The van der Waals surface area contributed by atoms with Gasteiger partial charge in [-0.2, -0.15) is 0 Å². The standard InChI is InChI=1S/C13H17BrFNO2/c1-8(2)12(13(17)18-3)16-7-9-4-5-11(15)10(14)6-9/h4-6,8,12,16H,7H2,1-3H3/t12-/m1/s1. The Kier molecular flexibility index (Phi) is 5.75. The lowest BCUT2D eigenvalue weighted by molar-refractivity contribution is -0.144. The second kappa shape index (κ2) is 6.85. The number of rotatable bonds is 5. The van der Waals surface area contributed by atoms with Gasteiger partial charge in [0.25, 0.3) is 0 Å². The zero-order chi connectivity index (χ0) is 13.7. The van der Waals surface area contributed by atoms with Crippen LogP contribution in [0.3, 0.4) is 0 Å². The van der Waals surface area contributed by atoms with Crippen LogP contribution in [0.1, 0.15) is 19.4 Å². The van der Waals surface area contributed by atoms with Crippen LogP contribution in [0, 0.1) is 11.7 Å². The van der Waals surface area contributed by atoms with Gasteiger partial charge in [0.15, 0.2) is 0 Å². The van der Waals surface area contributed by atoms with Gasteiger partial charge in [-0.25, -0.2) is 4.39 Å². The number of ether oxygens (including phenoxy) is 1. The molecule has 1 aromatic rings. The number of methoxy groups -OCH3 is 1. The van der Waals surface area contributed by atoms with Gasteiger partial charge in [-0.15, -0.1) is 0 Å². The monoisotopic (exact) mass is 317 g/mol. The molecular weight excluding hydrogens is 301 g/mol. The average Bonchev–Trinajstić information content (AvgIpc) is 2.33. The van der Waals surface area contributed by atoms with Crippen LogP contribution in [-0.4, -0.2) is 19.1 Å². The average molecular weight is 318 g/mol. The zero-order valence-electron chi connectivity index (χ0n) is 10.7. The summed E-state index contributed by atoms with van der Waals surface area (Å²) in [6.45, 7) is 4.36. The fraction of sp³-hybridized carbons (Fsp3) is 0.462. The van der Waals surface area contributed by atoms with Gasteiger partial charge in [-0.1, -0.05) is 19.9 Å². The van der Waals surface area contributed by atoms with E-state index in [0.29, 0.717) is 11.0 Å². The van der Waals surface area contributed by atoms with Crippen molar-refractivity contribution in [1.29, 1.82) is 0 Å². The predicted molar refractivity (Wildman–Crippen MR) is 71.6 cm³/mol. The van der Waals surface area contributed by atoms with Crippen molar-refractivity contribution in [2.45, 2.75) is 26.4 Å². The number of hydrogen-bond donors (Lipinski definition) is 1. The van der Waals surface area contributed by atoms with Gasteiger partial charge in [0.1, 0.15) is 11.9 Å². The van der Waals surface area contributed by atoms with Crippen LogP contribution in [0.15, 0.2) is 22.7 Å². The van der Waals surface area contributed by atoms with E-state index in [1.54, 1.807) is 12.1 Å². The fourth-order valence-corrected chi connectivity index (χ4v) is 2.02. The van der Waals surface area contributed by atoms with Crippen LogP contribution in [0.2, 0.25) is 0 Å². The number of carbonyl (C=O) groups is 1. The molecule has 0 aliphatic carbocycles. The number of nitrogens with one attached hydrogen (secondary N) is 1. The first-order valence-corrected chi connectivity index (χ1v) is 6.50. The van der Waals surface area contributed by atoms with E-state index in [-0.39, 0.29) is 23.7 Å². The van der Waals surface area contributed by atoms with Crippen molar-refractivity contribution in [3.63, 3.8) is 0 Å². The van der Waals surface area contributed by atoms with Gasteiger partial charge in [-0.3, -0.25) is 4.79 Å². The third-order valence-electron chi connectivity index (χ3n) is 2.63. The highest BCUT2D eigenvalue weighted by Gasteiger charge is 2.22. The van der Waals surface area contributed by atoms with Crippen LogP contribution in [0.4, 0.5) is 4.39 Å². The smallest absolute Gasteiger partial charge is 0.323 e. The molecule has 0 aliphatic rings. The maximum Gasteiger partial charge on any atom is 0.323 e. The summed E-state index contributed by atoms with van der Waals surface area (Å²) in [5.41, 5.74) is 0.901. The van der Waals surface area contributed by atoms with E-state index in [9.17, 15) is 9.18 Å². The van der Waals surface area contributed by atoms with Crippen molar-refractivity contribution < 1.29 is 13.9 Å². The first-order chi connectivity index (χ1) is 8.45. The molecule has 1 N–H and O–H groups in total. The van der Waals surface area contributed by atoms with Crippen molar-refractivity contribution in [3.05, 3.63) is 34.1 Å². The molecule has 18 heavy (non-hydrogen) atoms. The highest BCUT2D eigenvalue weighted by molar-refractivity contribution is 9.10. The highest BCUT2D eigenvalue weighted by Crippen LogP contribution is 2.17. The second-order valence-electron chi connectivity index (χ2n) is 4.37. The maximum absolute atomic E-state index is 13.1. The van der Waals surface area contributed by atoms with Gasteiger partial charge in [0.05, 0.1) is 11.6 Å². The van der Waals surface area contributed by atoms with Crippen LogP contribution in [0.25, 0.3) is 0 Å². The molecule has 0 aliphatic heterocycles. The molecule has 0 unspecified atom stereocenters. The molecule has 0 spiro atoms. The molecule has 5 heteroatoms. The number of benzene rings is 1. The molecule has 0 saturated heterocycles. The van der Waals surface area contributed by atoms with Crippen molar-refractivity contribution in [2.24, 2.45) is 5.92 Å². The van der Waals surface area contributed by atoms with Crippen molar-refractivity contribution in [3.8, 4) is 0 Å². The number of halogens is 2. The lowest BCUT2D eigenvalue weighted by atomic mass is 10.0. The highest BCUT2D eigenvalue weighted by atomic mass is 79.9. The molecule has 1 rings (SSSR count). The summed E-state index contributed by atoms with van der Waals surface area (Å²) in [5, 5.41) is 3.12. The molecule has 1 aromatic carbocycles. The number of carbonyl (C=O) groups excluding carboxylic acids is 1. The minimum Gasteiger partial charge on any atom is -0.468 e. The molecule has 0 fully saturated rings. The molecule has 3 nitrogen and oxygen atoms in total. The third kappa shape index (κ3) is 4.07. The molecule has 0 saturated carbocycles. The molecule has 0 aromatic heterocycles. The Balaban J connectivity index is 2.67. The molecule has 0 bridgehead atoms. The van der Waals surface area contributed by atoms with Gasteiger partial charge in [0, 0.05) is 6.54 Å². The maximum atomic E-state index is 13.1. The zero-order valence-corrected chi connectivity index (χ0v) is 12.3. The van der Waals surface area contributed by atoms with Crippen molar-refractivity contribution >= 4 is 21.9 Å². The lowest BCUT2D eigenvalue weighted by Gasteiger charge is -2.19. The summed E-state index contributed by atoms with van der Waals surface area (Å²) in [4.78, 5) is 11.5. The van der Waals surface area contributed by atoms with Crippen molar-refractivity contribution in [2.75, 3.05) is 7.11 Å². The Hall–Kier alpha value is -0.940. The summed E-state index contributed by atoms with van der Waals surface area (Å²) in [6.07, 6.45) is 0.